The van der Waals surface area contributed by atoms with Crippen molar-refractivity contribution < 1.29 is 13.9 Å². The van der Waals surface area contributed by atoms with Crippen LogP contribution in [-0.4, -0.2) is 7.11 Å². The van der Waals surface area contributed by atoms with E-state index in [9.17, 15) is 0 Å². The van der Waals surface area contributed by atoms with Crippen LogP contribution in [0.2, 0.25) is 5.02 Å². The van der Waals surface area contributed by atoms with Crippen molar-refractivity contribution in [2.75, 3.05) is 7.11 Å². The van der Waals surface area contributed by atoms with Crippen LogP contribution in [0, 0.1) is 0 Å². The molecule has 0 bridgehead atoms. The molecule has 0 aliphatic heterocycles. The Hall–Kier alpha value is -2.43. The number of nitrogens with one attached hydrogen (secondary N) is 1. The van der Waals surface area contributed by atoms with E-state index in [1.807, 2.05) is 54.6 Å². The van der Waals surface area contributed by atoms with Crippen LogP contribution in [0.1, 0.15) is 16.9 Å². The van der Waals surface area contributed by atoms with Crippen LogP contribution in [0.5, 0.6) is 11.5 Å². The van der Waals surface area contributed by atoms with Gasteiger partial charge in [0.05, 0.1) is 19.9 Å². The minimum atomic E-state index is 0.438. The van der Waals surface area contributed by atoms with E-state index < -0.39 is 0 Å². The summed E-state index contributed by atoms with van der Waals surface area (Å²) in [6, 6.07) is 17.4. The monoisotopic (exact) mass is 357 g/mol. The minimum Gasteiger partial charge on any atom is -0.493 e. The Morgan fingerprint density at radius 3 is 2.64 bits per heavy atom. The van der Waals surface area contributed by atoms with Crippen LogP contribution >= 0.6 is 11.6 Å². The molecular formula is C20H20ClNO3. The molecule has 0 atom stereocenters. The molecule has 4 nitrogen and oxygen atoms in total. The highest BCUT2D eigenvalue weighted by molar-refractivity contribution is 6.30. The second-order valence-corrected chi connectivity index (χ2v) is 6.02. The van der Waals surface area contributed by atoms with Crippen molar-refractivity contribution in [3.63, 3.8) is 0 Å². The Morgan fingerprint density at radius 1 is 0.960 bits per heavy atom. The average Bonchev–Trinajstić information content (AvgIpc) is 3.14. The van der Waals surface area contributed by atoms with Crippen LogP contribution in [0.4, 0.5) is 0 Å². The summed E-state index contributed by atoms with van der Waals surface area (Å²) in [6.45, 7) is 1.83. The van der Waals surface area contributed by atoms with E-state index in [0.29, 0.717) is 36.2 Å². The third-order valence-corrected chi connectivity index (χ3v) is 3.95. The second kappa shape index (κ2) is 8.60. The van der Waals surface area contributed by atoms with Crippen LogP contribution in [0.25, 0.3) is 0 Å². The molecule has 1 heterocycles. The smallest absolute Gasteiger partial charge is 0.161 e. The molecule has 1 N–H and O–H groups in total. The topological polar surface area (TPSA) is 43.6 Å². The predicted octanol–water partition coefficient (Wildman–Crippen LogP) is 4.81. The zero-order valence-electron chi connectivity index (χ0n) is 14.0. The Labute approximate surface area is 152 Å². The highest BCUT2D eigenvalue weighted by Crippen LogP contribution is 2.29. The first-order chi connectivity index (χ1) is 12.2. The van der Waals surface area contributed by atoms with Gasteiger partial charge in [-0.05, 0) is 47.5 Å². The third-order valence-electron chi connectivity index (χ3n) is 3.72. The average molecular weight is 358 g/mol. The number of ether oxygens (including phenoxy) is 2. The van der Waals surface area contributed by atoms with E-state index in [0.717, 1.165) is 16.9 Å². The first-order valence-electron chi connectivity index (χ1n) is 8.02. The van der Waals surface area contributed by atoms with Crippen molar-refractivity contribution in [2.45, 2.75) is 19.7 Å². The summed E-state index contributed by atoms with van der Waals surface area (Å²) in [4.78, 5) is 0. The van der Waals surface area contributed by atoms with Gasteiger partial charge in [0.1, 0.15) is 12.4 Å². The van der Waals surface area contributed by atoms with Crippen molar-refractivity contribution >= 4 is 11.6 Å². The van der Waals surface area contributed by atoms with Gasteiger partial charge in [-0.1, -0.05) is 29.8 Å². The SMILES string of the molecule is COc1cc(CNCc2ccco2)ccc1OCc1cccc(Cl)c1. The predicted molar refractivity (Wildman–Crippen MR) is 98.0 cm³/mol. The first-order valence-corrected chi connectivity index (χ1v) is 8.39. The number of methoxy groups -OCH3 is 1. The summed E-state index contributed by atoms with van der Waals surface area (Å²) in [5, 5.41) is 4.03. The van der Waals surface area contributed by atoms with E-state index in [-0.39, 0.29) is 0 Å². The molecule has 5 heteroatoms. The summed E-state index contributed by atoms with van der Waals surface area (Å²) >= 11 is 6.00. The summed E-state index contributed by atoms with van der Waals surface area (Å²) in [5.74, 6) is 2.32. The molecule has 2 aromatic carbocycles. The van der Waals surface area contributed by atoms with Crippen molar-refractivity contribution in [2.24, 2.45) is 0 Å². The molecule has 0 amide bonds. The van der Waals surface area contributed by atoms with E-state index in [1.165, 1.54) is 0 Å². The lowest BCUT2D eigenvalue weighted by molar-refractivity contribution is 0.284. The normalized spacial score (nSPS) is 10.6. The van der Waals surface area contributed by atoms with Crippen LogP contribution in [0.3, 0.4) is 0 Å². The Morgan fingerprint density at radius 2 is 1.88 bits per heavy atom. The van der Waals surface area contributed by atoms with Gasteiger partial charge in [0, 0.05) is 11.6 Å². The molecule has 0 aliphatic carbocycles. The lowest BCUT2D eigenvalue weighted by atomic mass is 10.2. The van der Waals surface area contributed by atoms with Gasteiger partial charge in [-0.15, -0.1) is 0 Å². The molecule has 0 spiro atoms. The molecule has 0 saturated carbocycles. The fourth-order valence-electron chi connectivity index (χ4n) is 2.47. The zero-order chi connectivity index (χ0) is 17.5. The number of furan rings is 1. The largest absolute Gasteiger partial charge is 0.493 e. The van der Waals surface area contributed by atoms with Crippen molar-refractivity contribution in [1.29, 1.82) is 0 Å². The summed E-state index contributed by atoms with van der Waals surface area (Å²) in [7, 11) is 1.64. The standard InChI is InChI=1S/C20H20ClNO3/c1-23-20-11-15(12-22-13-18-6-3-9-24-18)7-8-19(20)25-14-16-4-2-5-17(21)10-16/h2-11,22H,12-14H2,1H3. The molecule has 0 saturated heterocycles. The van der Waals surface area contributed by atoms with Crippen molar-refractivity contribution in [3.05, 3.63) is 82.8 Å². The van der Waals surface area contributed by atoms with E-state index in [2.05, 4.69) is 5.32 Å². The molecular weight excluding hydrogens is 338 g/mol. The van der Waals surface area contributed by atoms with Gasteiger partial charge in [-0.3, -0.25) is 0 Å². The molecule has 0 unspecified atom stereocenters. The number of rotatable bonds is 8. The Balaban J connectivity index is 1.59. The first kappa shape index (κ1) is 17.4. The molecule has 0 fully saturated rings. The fraction of sp³-hybridized carbons (Fsp3) is 0.200. The maximum atomic E-state index is 6.00. The highest BCUT2D eigenvalue weighted by Gasteiger charge is 2.07. The van der Waals surface area contributed by atoms with Crippen LogP contribution < -0.4 is 14.8 Å². The van der Waals surface area contributed by atoms with Gasteiger partial charge >= 0.3 is 0 Å². The number of benzene rings is 2. The van der Waals surface area contributed by atoms with E-state index >= 15 is 0 Å². The summed E-state index contributed by atoms with van der Waals surface area (Å²) in [5.41, 5.74) is 2.12. The van der Waals surface area contributed by atoms with Crippen LogP contribution in [0.15, 0.2) is 65.3 Å². The summed E-state index contributed by atoms with van der Waals surface area (Å²) in [6.07, 6.45) is 1.67. The van der Waals surface area contributed by atoms with E-state index in [1.54, 1.807) is 13.4 Å². The van der Waals surface area contributed by atoms with Gasteiger partial charge in [-0.2, -0.15) is 0 Å². The van der Waals surface area contributed by atoms with Crippen molar-refractivity contribution in [1.82, 2.24) is 5.32 Å². The molecule has 0 radical (unpaired) electrons. The van der Waals surface area contributed by atoms with Crippen molar-refractivity contribution in [3.8, 4) is 11.5 Å². The third kappa shape index (κ3) is 5.02. The van der Waals surface area contributed by atoms with Gasteiger partial charge in [0.25, 0.3) is 0 Å². The number of hydrogen-bond acceptors (Lipinski definition) is 4. The molecule has 3 rings (SSSR count). The molecule has 25 heavy (non-hydrogen) atoms. The fourth-order valence-corrected chi connectivity index (χ4v) is 2.69. The Bertz CT molecular complexity index is 802. The minimum absolute atomic E-state index is 0.438. The van der Waals surface area contributed by atoms with Crippen LogP contribution in [-0.2, 0) is 19.7 Å². The quantitative estimate of drug-likeness (QED) is 0.628. The molecule has 130 valence electrons. The number of halogens is 1. The summed E-state index contributed by atoms with van der Waals surface area (Å²) < 4.78 is 16.6. The molecule has 1 aromatic heterocycles. The lowest BCUT2D eigenvalue weighted by Crippen LogP contribution is -2.12. The van der Waals surface area contributed by atoms with Gasteiger partial charge in [0.2, 0.25) is 0 Å². The zero-order valence-corrected chi connectivity index (χ0v) is 14.8. The maximum absolute atomic E-state index is 6.00. The van der Waals surface area contributed by atoms with Gasteiger partial charge < -0.3 is 19.2 Å². The molecule has 0 aliphatic rings. The van der Waals surface area contributed by atoms with E-state index in [4.69, 9.17) is 25.5 Å². The molecule has 3 aromatic rings. The second-order valence-electron chi connectivity index (χ2n) is 5.59. The van der Waals surface area contributed by atoms with Gasteiger partial charge in [0.15, 0.2) is 11.5 Å². The lowest BCUT2D eigenvalue weighted by Gasteiger charge is -2.13. The maximum Gasteiger partial charge on any atom is 0.161 e. The number of hydrogen-bond donors (Lipinski definition) is 1. The van der Waals surface area contributed by atoms with Gasteiger partial charge in [-0.25, -0.2) is 0 Å². The Kier molecular flexibility index (Phi) is 5.99. The highest BCUT2D eigenvalue weighted by atomic mass is 35.5.